The normalized spacial score (nSPS) is 13.9. The summed E-state index contributed by atoms with van der Waals surface area (Å²) in [7, 11) is 0. The van der Waals surface area contributed by atoms with Gasteiger partial charge in [0, 0.05) is 24.5 Å². The molecule has 104 valence electrons. The van der Waals surface area contributed by atoms with Gasteiger partial charge in [0.15, 0.2) is 5.69 Å². The van der Waals surface area contributed by atoms with Crippen molar-refractivity contribution in [2.24, 2.45) is 0 Å². The number of amides is 1. The molecule has 0 fully saturated rings. The summed E-state index contributed by atoms with van der Waals surface area (Å²) >= 11 is 1.77. The van der Waals surface area contributed by atoms with Crippen LogP contribution in [-0.4, -0.2) is 34.1 Å². The standard InChI is InChI=1S/C14H16N4OS/c1-2-15-13-4-3-11(16-17-13)14(19)18-7-5-12-10(9-18)6-8-20-12/h3-4,6,8H,2,5,7,9H2,1H3,(H,15,17). The molecule has 1 amide bonds. The van der Waals surface area contributed by atoms with E-state index in [1.807, 2.05) is 11.8 Å². The minimum atomic E-state index is -0.0441. The third kappa shape index (κ3) is 2.51. The molecule has 6 heteroatoms. The summed E-state index contributed by atoms with van der Waals surface area (Å²) in [5.74, 6) is 0.653. The molecule has 20 heavy (non-hydrogen) atoms. The zero-order valence-electron chi connectivity index (χ0n) is 11.3. The first-order chi connectivity index (χ1) is 9.78. The van der Waals surface area contributed by atoms with Gasteiger partial charge in [0.05, 0.1) is 0 Å². The van der Waals surface area contributed by atoms with Gasteiger partial charge in [-0.25, -0.2) is 0 Å². The van der Waals surface area contributed by atoms with Crippen molar-refractivity contribution in [1.29, 1.82) is 0 Å². The second-order valence-corrected chi connectivity index (χ2v) is 5.68. The van der Waals surface area contributed by atoms with E-state index in [0.717, 1.165) is 19.5 Å². The molecule has 0 unspecified atom stereocenters. The van der Waals surface area contributed by atoms with Crippen LogP contribution in [0.4, 0.5) is 5.82 Å². The van der Waals surface area contributed by atoms with Crippen molar-refractivity contribution in [2.75, 3.05) is 18.4 Å². The largest absolute Gasteiger partial charge is 0.369 e. The van der Waals surface area contributed by atoms with E-state index in [-0.39, 0.29) is 5.91 Å². The van der Waals surface area contributed by atoms with Crippen LogP contribution in [0.2, 0.25) is 0 Å². The third-order valence-corrected chi connectivity index (χ3v) is 4.36. The lowest BCUT2D eigenvalue weighted by atomic mass is 10.1. The summed E-state index contributed by atoms with van der Waals surface area (Å²) < 4.78 is 0. The second kappa shape index (κ2) is 5.58. The fourth-order valence-corrected chi connectivity index (χ4v) is 3.20. The molecule has 0 radical (unpaired) electrons. The zero-order valence-corrected chi connectivity index (χ0v) is 12.1. The average molecular weight is 288 g/mol. The predicted octanol–water partition coefficient (Wildman–Crippen LogP) is 2.17. The number of nitrogens with one attached hydrogen (secondary N) is 1. The summed E-state index contributed by atoms with van der Waals surface area (Å²) in [5, 5.41) is 13.2. The van der Waals surface area contributed by atoms with E-state index < -0.39 is 0 Å². The van der Waals surface area contributed by atoms with Gasteiger partial charge in [-0.1, -0.05) is 0 Å². The first-order valence-corrected chi connectivity index (χ1v) is 7.58. The van der Waals surface area contributed by atoms with Crippen LogP contribution in [0.5, 0.6) is 0 Å². The Balaban J connectivity index is 1.73. The molecule has 3 heterocycles. The highest BCUT2D eigenvalue weighted by Gasteiger charge is 2.23. The average Bonchev–Trinajstić information content (AvgIpc) is 2.95. The monoisotopic (exact) mass is 288 g/mol. The number of carbonyl (C=O) groups is 1. The Morgan fingerprint density at radius 3 is 3.05 bits per heavy atom. The molecule has 1 aliphatic rings. The number of carbonyl (C=O) groups excluding carboxylic acids is 1. The summed E-state index contributed by atoms with van der Waals surface area (Å²) in [6, 6.07) is 5.62. The Kier molecular flexibility index (Phi) is 3.64. The molecule has 2 aromatic rings. The van der Waals surface area contributed by atoms with Gasteiger partial charge in [0.25, 0.3) is 5.91 Å². The maximum Gasteiger partial charge on any atom is 0.274 e. The molecule has 0 bridgehead atoms. The van der Waals surface area contributed by atoms with E-state index in [9.17, 15) is 4.79 Å². The number of anilines is 1. The fraction of sp³-hybridized carbons (Fsp3) is 0.357. The van der Waals surface area contributed by atoms with Crippen molar-refractivity contribution in [1.82, 2.24) is 15.1 Å². The molecule has 0 aliphatic carbocycles. The van der Waals surface area contributed by atoms with Crippen molar-refractivity contribution >= 4 is 23.1 Å². The van der Waals surface area contributed by atoms with Gasteiger partial charge in [-0.15, -0.1) is 21.5 Å². The number of hydrogen-bond acceptors (Lipinski definition) is 5. The van der Waals surface area contributed by atoms with Crippen molar-refractivity contribution < 1.29 is 4.79 Å². The summed E-state index contributed by atoms with van der Waals surface area (Å²) in [6.07, 6.45) is 0.932. The molecule has 3 rings (SSSR count). The Morgan fingerprint density at radius 2 is 2.30 bits per heavy atom. The highest BCUT2D eigenvalue weighted by molar-refractivity contribution is 7.10. The predicted molar refractivity (Wildman–Crippen MR) is 79.0 cm³/mol. The molecular formula is C14H16N4OS. The quantitative estimate of drug-likeness (QED) is 0.940. The second-order valence-electron chi connectivity index (χ2n) is 4.68. The Labute approximate surface area is 121 Å². The molecule has 5 nitrogen and oxygen atoms in total. The Morgan fingerprint density at radius 1 is 1.40 bits per heavy atom. The topological polar surface area (TPSA) is 58.1 Å². The molecule has 0 saturated heterocycles. The van der Waals surface area contributed by atoms with E-state index in [4.69, 9.17) is 0 Å². The van der Waals surface area contributed by atoms with Crippen LogP contribution in [0.25, 0.3) is 0 Å². The number of aromatic nitrogens is 2. The van der Waals surface area contributed by atoms with Crippen LogP contribution >= 0.6 is 11.3 Å². The minimum Gasteiger partial charge on any atom is -0.369 e. The smallest absolute Gasteiger partial charge is 0.274 e. The summed E-state index contributed by atoms with van der Waals surface area (Å²) in [4.78, 5) is 15.6. The highest BCUT2D eigenvalue weighted by Crippen LogP contribution is 2.24. The van der Waals surface area contributed by atoms with Crippen molar-refractivity contribution in [3.63, 3.8) is 0 Å². The Bertz CT molecular complexity index is 608. The van der Waals surface area contributed by atoms with Gasteiger partial charge < -0.3 is 10.2 Å². The minimum absolute atomic E-state index is 0.0441. The molecule has 0 spiro atoms. The van der Waals surface area contributed by atoms with Crippen LogP contribution in [-0.2, 0) is 13.0 Å². The van der Waals surface area contributed by atoms with Crippen LogP contribution in [0, 0.1) is 0 Å². The molecule has 0 saturated carbocycles. The first-order valence-electron chi connectivity index (χ1n) is 6.70. The van der Waals surface area contributed by atoms with E-state index in [1.165, 1.54) is 10.4 Å². The SMILES string of the molecule is CCNc1ccc(C(=O)N2CCc3sccc3C2)nn1. The fourth-order valence-electron chi connectivity index (χ4n) is 2.31. The summed E-state index contributed by atoms with van der Waals surface area (Å²) in [5.41, 5.74) is 1.66. The van der Waals surface area contributed by atoms with E-state index in [2.05, 4.69) is 27.0 Å². The van der Waals surface area contributed by atoms with E-state index in [1.54, 1.807) is 23.5 Å². The molecule has 1 aliphatic heterocycles. The van der Waals surface area contributed by atoms with E-state index >= 15 is 0 Å². The molecule has 1 N–H and O–H groups in total. The van der Waals surface area contributed by atoms with Crippen LogP contribution in [0.3, 0.4) is 0 Å². The van der Waals surface area contributed by atoms with Crippen molar-refractivity contribution in [3.8, 4) is 0 Å². The maximum atomic E-state index is 12.4. The van der Waals surface area contributed by atoms with Gasteiger partial charge in [0.2, 0.25) is 0 Å². The molecule has 0 atom stereocenters. The summed E-state index contributed by atoms with van der Waals surface area (Å²) in [6.45, 7) is 4.21. The number of fused-ring (bicyclic) bond motifs is 1. The third-order valence-electron chi connectivity index (χ3n) is 3.34. The molecule has 0 aromatic carbocycles. The van der Waals surface area contributed by atoms with Gasteiger partial charge in [-0.3, -0.25) is 4.79 Å². The molecular weight excluding hydrogens is 272 g/mol. The number of thiophene rings is 1. The molecule has 2 aromatic heterocycles. The van der Waals surface area contributed by atoms with Crippen LogP contribution in [0.1, 0.15) is 27.9 Å². The lowest BCUT2D eigenvalue weighted by Crippen LogP contribution is -2.35. The van der Waals surface area contributed by atoms with Crippen molar-refractivity contribution in [3.05, 3.63) is 39.7 Å². The number of hydrogen-bond donors (Lipinski definition) is 1. The highest BCUT2D eigenvalue weighted by atomic mass is 32.1. The zero-order chi connectivity index (χ0) is 13.9. The Hall–Kier alpha value is -1.95. The number of rotatable bonds is 3. The van der Waals surface area contributed by atoms with Crippen LogP contribution < -0.4 is 5.32 Å². The lowest BCUT2D eigenvalue weighted by Gasteiger charge is -2.26. The van der Waals surface area contributed by atoms with E-state index in [0.29, 0.717) is 18.1 Å². The van der Waals surface area contributed by atoms with Gasteiger partial charge in [0.1, 0.15) is 5.82 Å². The van der Waals surface area contributed by atoms with Gasteiger partial charge in [-0.05, 0) is 42.5 Å². The first kappa shape index (κ1) is 13.1. The van der Waals surface area contributed by atoms with Gasteiger partial charge >= 0.3 is 0 Å². The maximum absolute atomic E-state index is 12.4. The number of nitrogens with zero attached hydrogens (tertiary/aromatic N) is 3. The van der Waals surface area contributed by atoms with Crippen LogP contribution in [0.15, 0.2) is 23.6 Å². The lowest BCUT2D eigenvalue weighted by molar-refractivity contribution is 0.0729. The van der Waals surface area contributed by atoms with Crippen molar-refractivity contribution in [2.45, 2.75) is 19.9 Å². The van der Waals surface area contributed by atoms with Gasteiger partial charge in [-0.2, -0.15) is 0 Å².